The van der Waals surface area contributed by atoms with Crippen LogP contribution < -0.4 is 5.32 Å². The van der Waals surface area contributed by atoms with Crippen LogP contribution in [0.2, 0.25) is 0 Å². The van der Waals surface area contributed by atoms with Gasteiger partial charge in [0.25, 0.3) is 0 Å². The Kier molecular flexibility index (Phi) is 5.13. The van der Waals surface area contributed by atoms with Crippen LogP contribution in [0.3, 0.4) is 0 Å². The van der Waals surface area contributed by atoms with Crippen molar-refractivity contribution in [1.29, 1.82) is 0 Å². The number of hydrogen-bond donors (Lipinski definition) is 1. The average molecular weight is 328 g/mol. The van der Waals surface area contributed by atoms with Crippen LogP contribution in [0.1, 0.15) is 32.6 Å². The number of hydrogen-bond acceptors (Lipinski definition) is 2. The molecule has 1 aliphatic carbocycles. The van der Waals surface area contributed by atoms with E-state index in [4.69, 9.17) is 0 Å². The highest BCUT2D eigenvalue weighted by molar-refractivity contribution is 9.10. The van der Waals surface area contributed by atoms with Crippen LogP contribution in [0.15, 0.2) is 28.7 Å². The van der Waals surface area contributed by atoms with E-state index in [1.54, 1.807) is 0 Å². The summed E-state index contributed by atoms with van der Waals surface area (Å²) < 4.78 is 1.02. The summed E-state index contributed by atoms with van der Waals surface area (Å²) in [5.41, 5.74) is 0.863. The molecule has 1 aromatic carbocycles. The Morgan fingerprint density at radius 1 is 1.33 bits per heavy atom. The first-order valence-corrected chi connectivity index (χ1v) is 8.10. The molecular formula is C14H18BrNOS. The SMILES string of the molecule is C[C@H](SC1CCCC1)C(=O)Nc1ccc(Br)cc1. The van der Waals surface area contributed by atoms with Gasteiger partial charge in [-0.15, -0.1) is 11.8 Å². The Morgan fingerprint density at radius 3 is 2.56 bits per heavy atom. The Labute approximate surface area is 121 Å². The predicted molar refractivity (Wildman–Crippen MR) is 82.1 cm³/mol. The number of carbonyl (C=O) groups excluding carboxylic acids is 1. The molecule has 1 aliphatic rings. The second-order valence-electron chi connectivity index (χ2n) is 4.68. The van der Waals surface area contributed by atoms with E-state index in [9.17, 15) is 4.79 Å². The zero-order valence-electron chi connectivity index (χ0n) is 10.5. The largest absolute Gasteiger partial charge is 0.325 e. The third-order valence-corrected chi connectivity index (χ3v) is 5.19. The Bertz CT molecular complexity index is 401. The maximum absolute atomic E-state index is 12.0. The van der Waals surface area contributed by atoms with Gasteiger partial charge in [-0.05, 0) is 44.0 Å². The number of benzene rings is 1. The lowest BCUT2D eigenvalue weighted by Gasteiger charge is -2.16. The van der Waals surface area contributed by atoms with E-state index >= 15 is 0 Å². The highest BCUT2D eigenvalue weighted by atomic mass is 79.9. The van der Waals surface area contributed by atoms with Crippen molar-refractivity contribution in [3.05, 3.63) is 28.7 Å². The number of rotatable bonds is 4. The third-order valence-electron chi connectivity index (χ3n) is 3.18. The molecule has 0 heterocycles. The summed E-state index contributed by atoms with van der Waals surface area (Å²) in [4.78, 5) is 12.0. The maximum Gasteiger partial charge on any atom is 0.237 e. The van der Waals surface area contributed by atoms with Crippen LogP contribution in [0.25, 0.3) is 0 Å². The fourth-order valence-corrected chi connectivity index (χ4v) is 3.78. The summed E-state index contributed by atoms with van der Waals surface area (Å²) in [6.07, 6.45) is 5.17. The smallest absolute Gasteiger partial charge is 0.237 e. The van der Waals surface area contributed by atoms with Crippen molar-refractivity contribution < 1.29 is 4.79 Å². The molecule has 2 rings (SSSR count). The number of nitrogens with one attached hydrogen (secondary N) is 1. The van der Waals surface area contributed by atoms with Crippen molar-refractivity contribution in [2.75, 3.05) is 5.32 Å². The van der Waals surface area contributed by atoms with Crippen molar-refractivity contribution >= 4 is 39.3 Å². The van der Waals surface area contributed by atoms with Crippen LogP contribution in [-0.2, 0) is 4.79 Å². The van der Waals surface area contributed by atoms with Crippen LogP contribution in [0.5, 0.6) is 0 Å². The van der Waals surface area contributed by atoms with Crippen molar-refractivity contribution in [2.45, 2.75) is 43.1 Å². The first kappa shape index (κ1) is 13.9. The first-order valence-electron chi connectivity index (χ1n) is 6.37. The van der Waals surface area contributed by atoms with E-state index in [1.807, 2.05) is 43.0 Å². The summed E-state index contributed by atoms with van der Waals surface area (Å²) in [6, 6.07) is 7.69. The fourth-order valence-electron chi connectivity index (χ4n) is 2.15. The molecule has 0 saturated heterocycles. The second-order valence-corrected chi connectivity index (χ2v) is 7.24. The molecule has 1 atom stereocenters. The van der Waals surface area contributed by atoms with Gasteiger partial charge in [-0.3, -0.25) is 4.79 Å². The lowest BCUT2D eigenvalue weighted by molar-refractivity contribution is -0.115. The molecule has 1 saturated carbocycles. The summed E-state index contributed by atoms with van der Waals surface area (Å²) in [5.74, 6) is 0.106. The van der Waals surface area contributed by atoms with E-state index in [2.05, 4.69) is 21.2 Å². The highest BCUT2D eigenvalue weighted by Gasteiger charge is 2.22. The van der Waals surface area contributed by atoms with Crippen molar-refractivity contribution in [3.63, 3.8) is 0 Å². The van der Waals surface area contributed by atoms with E-state index in [-0.39, 0.29) is 11.2 Å². The molecule has 0 spiro atoms. The number of anilines is 1. The van der Waals surface area contributed by atoms with Gasteiger partial charge in [0.15, 0.2) is 0 Å². The van der Waals surface area contributed by atoms with Crippen molar-refractivity contribution in [2.24, 2.45) is 0 Å². The number of amides is 1. The molecule has 0 unspecified atom stereocenters. The predicted octanol–water partition coefficient (Wildman–Crippen LogP) is 4.45. The average Bonchev–Trinajstić information content (AvgIpc) is 2.85. The van der Waals surface area contributed by atoms with Gasteiger partial charge in [-0.25, -0.2) is 0 Å². The van der Waals surface area contributed by atoms with Gasteiger partial charge in [0, 0.05) is 15.4 Å². The normalized spacial score (nSPS) is 17.7. The Morgan fingerprint density at radius 2 is 1.94 bits per heavy atom. The Balaban J connectivity index is 1.84. The fraction of sp³-hybridized carbons (Fsp3) is 0.500. The van der Waals surface area contributed by atoms with E-state index < -0.39 is 0 Å². The van der Waals surface area contributed by atoms with Gasteiger partial charge in [-0.1, -0.05) is 28.8 Å². The number of carbonyl (C=O) groups is 1. The minimum absolute atomic E-state index is 0.0248. The lowest BCUT2D eigenvalue weighted by Crippen LogP contribution is -2.24. The Hall–Kier alpha value is -0.480. The molecule has 1 amide bonds. The molecule has 0 aliphatic heterocycles. The molecule has 18 heavy (non-hydrogen) atoms. The van der Waals surface area contributed by atoms with E-state index in [0.29, 0.717) is 5.25 Å². The van der Waals surface area contributed by atoms with Gasteiger partial charge in [0.1, 0.15) is 0 Å². The van der Waals surface area contributed by atoms with E-state index in [0.717, 1.165) is 10.2 Å². The molecule has 1 fully saturated rings. The van der Waals surface area contributed by atoms with Crippen molar-refractivity contribution in [1.82, 2.24) is 0 Å². The number of thioether (sulfide) groups is 1. The van der Waals surface area contributed by atoms with Crippen LogP contribution in [0, 0.1) is 0 Å². The van der Waals surface area contributed by atoms with E-state index in [1.165, 1.54) is 25.7 Å². The highest BCUT2D eigenvalue weighted by Crippen LogP contribution is 2.32. The summed E-state index contributed by atoms with van der Waals surface area (Å²) in [5, 5.41) is 3.66. The van der Waals surface area contributed by atoms with Gasteiger partial charge in [-0.2, -0.15) is 0 Å². The van der Waals surface area contributed by atoms with Crippen LogP contribution in [0.4, 0.5) is 5.69 Å². The minimum atomic E-state index is 0.0248. The molecule has 0 aromatic heterocycles. The molecule has 1 aromatic rings. The molecule has 4 heteroatoms. The zero-order chi connectivity index (χ0) is 13.0. The van der Waals surface area contributed by atoms with Crippen molar-refractivity contribution in [3.8, 4) is 0 Å². The van der Waals surface area contributed by atoms with Gasteiger partial charge in [0.05, 0.1) is 5.25 Å². The topological polar surface area (TPSA) is 29.1 Å². The van der Waals surface area contributed by atoms with Crippen LogP contribution in [-0.4, -0.2) is 16.4 Å². The number of halogens is 1. The molecule has 0 radical (unpaired) electrons. The second kappa shape index (κ2) is 6.62. The summed E-state index contributed by atoms with van der Waals surface area (Å²) >= 11 is 5.20. The molecule has 2 nitrogen and oxygen atoms in total. The molecule has 0 bridgehead atoms. The zero-order valence-corrected chi connectivity index (χ0v) is 12.9. The van der Waals surface area contributed by atoms with Gasteiger partial charge >= 0.3 is 0 Å². The quantitative estimate of drug-likeness (QED) is 0.884. The minimum Gasteiger partial charge on any atom is -0.325 e. The standard InChI is InChI=1S/C14H18BrNOS/c1-10(18-13-4-2-3-5-13)14(17)16-12-8-6-11(15)7-9-12/h6-10,13H,2-5H2,1H3,(H,16,17)/t10-/m0/s1. The summed E-state index contributed by atoms with van der Waals surface area (Å²) in [7, 11) is 0. The molecule has 98 valence electrons. The molecular weight excluding hydrogens is 310 g/mol. The monoisotopic (exact) mass is 327 g/mol. The van der Waals surface area contributed by atoms with Gasteiger partial charge < -0.3 is 5.32 Å². The third kappa shape index (κ3) is 4.02. The summed E-state index contributed by atoms with van der Waals surface area (Å²) in [6.45, 7) is 2.00. The maximum atomic E-state index is 12.0. The van der Waals surface area contributed by atoms with Gasteiger partial charge in [0.2, 0.25) is 5.91 Å². The van der Waals surface area contributed by atoms with Crippen LogP contribution >= 0.6 is 27.7 Å². The lowest BCUT2D eigenvalue weighted by atomic mass is 10.3. The molecule has 1 N–H and O–H groups in total. The first-order chi connectivity index (χ1) is 8.65.